The van der Waals surface area contributed by atoms with E-state index in [1.807, 2.05) is 13.8 Å². The molecule has 0 heterocycles. The Bertz CT molecular complexity index is 324. The highest BCUT2D eigenvalue weighted by atomic mass is 19.4. The minimum absolute atomic E-state index is 0.0942. The van der Waals surface area contributed by atoms with Gasteiger partial charge in [-0.05, 0) is 39.0 Å². The lowest BCUT2D eigenvalue weighted by Gasteiger charge is -2.30. The molecule has 0 radical (unpaired) electrons. The van der Waals surface area contributed by atoms with Crippen LogP contribution in [0.4, 0.5) is 13.2 Å². The van der Waals surface area contributed by atoms with Crippen LogP contribution in [0, 0.1) is 0 Å². The maximum Gasteiger partial charge on any atom is 0.411 e. The molecule has 4 nitrogen and oxygen atoms in total. The molecule has 1 fully saturated rings. The number of rotatable bonds is 7. The first-order valence-corrected chi connectivity index (χ1v) is 7.51. The number of nitrogens with one attached hydrogen (secondary N) is 2. The summed E-state index contributed by atoms with van der Waals surface area (Å²) in [5.41, 5.74) is 0. The Balaban J connectivity index is 2.27. The molecular weight excluding hydrogens is 285 g/mol. The zero-order valence-electron chi connectivity index (χ0n) is 12.6. The Morgan fingerprint density at radius 3 is 2.71 bits per heavy atom. The van der Waals surface area contributed by atoms with Crippen molar-refractivity contribution in [2.75, 3.05) is 13.2 Å². The van der Waals surface area contributed by atoms with Gasteiger partial charge in [0.25, 0.3) is 0 Å². The van der Waals surface area contributed by atoms with Gasteiger partial charge in [0, 0.05) is 12.1 Å². The van der Waals surface area contributed by atoms with Crippen molar-refractivity contribution in [2.24, 2.45) is 0 Å². The molecule has 124 valence electrons. The van der Waals surface area contributed by atoms with Crippen molar-refractivity contribution in [2.45, 2.75) is 70.3 Å². The molecule has 1 rings (SSSR count). The van der Waals surface area contributed by atoms with Crippen LogP contribution < -0.4 is 10.6 Å². The standard InChI is InChI=1S/C14H25F3N2O2/c1-3-10(2)18-8-13(20)19-11-5-4-6-12(7-11)21-9-14(15,16)17/h10-12,18H,3-9H2,1-2H3,(H,19,20). The number of carbonyl (C=O) groups is 1. The molecule has 1 aliphatic rings. The summed E-state index contributed by atoms with van der Waals surface area (Å²) >= 11 is 0. The summed E-state index contributed by atoms with van der Waals surface area (Å²) in [6, 6.07) is 0.174. The van der Waals surface area contributed by atoms with Crippen LogP contribution in [0.25, 0.3) is 0 Å². The van der Waals surface area contributed by atoms with E-state index in [-0.39, 0.29) is 24.5 Å². The minimum atomic E-state index is -4.30. The van der Waals surface area contributed by atoms with Gasteiger partial charge in [0.1, 0.15) is 6.61 Å². The molecule has 0 aliphatic heterocycles. The van der Waals surface area contributed by atoms with Crippen molar-refractivity contribution in [1.29, 1.82) is 0 Å². The van der Waals surface area contributed by atoms with Gasteiger partial charge in [-0.1, -0.05) is 6.92 Å². The summed E-state index contributed by atoms with van der Waals surface area (Å²) in [6.07, 6.45) is -1.15. The SMILES string of the molecule is CCC(C)NCC(=O)NC1CCCC(OCC(F)(F)F)C1. The molecule has 0 bridgehead atoms. The number of amides is 1. The topological polar surface area (TPSA) is 50.4 Å². The van der Waals surface area contributed by atoms with Crippen LogP contribution in [-0.4, -0.2) is 43.4 Å². The van der Waals surface area contributed by atoms with E-state index in [0.29, 0.717) is 12.8 Å². The highest BCUT2D eigenvalue weighted by Gasteiger charge is 2.31. The Labute approximate surface area is 123 Å². The predicted octanol–water partition coefficient (Wildman–Crippen LogP) is 2.38. The van der Waals surface area contributed by atoms with E-state index in [9.17, 15) is 18.0 Å². The predicted molar refractivity (Wildman–Crippen MR) is 73.9 cm³/mol. The molecule has 2 N–H and O–H groups in total. The second kappa shape index (κ2) is 8.58. The maximum atomic E-state index is 12.1. The normalized spacial score (nSPS) is 24.6. The molecule has 1 saturated carbocycles. The van der Waals surface area contributed by atoms with E-state index in [2.05, 4.69) is 10.6 Å². The lowest BCUT2D eigenvalue weighted by Crippen LogP contribution is -2.45. The summed E-state index contributed by atoms with van der Waals surface area (Å²) in [5.74, 6) is -0.114. The summed E-state index contributed by atoms with van der Waals surface area (Å²) < 4.78 is 41.3. The van der Waals surface area contributed by atoms with Gasteiger partial charge in [-0.3, -0.25) is 4.79 Å². The van der Waals surface area contributed by atoms with Crippen molar-refractivity contribution >= 4 is 5.91 Å². The average Bonchev–Trinajstić information content (AvgIpc) is 2.42. The van der Waals surface area contributed by atoms with Gasteiger partial charge in [0.2, 0.25) is 5.91 Å². The van der Waals surface area contributed by atoms with Gasteiger partial charge in [-0.15, -0.1) is 0 Å². The van der Waals surface area contributed by atoms with Crippen LogP contribution in [0.1, 0.15) is 46.0 Å². The molecule has 0 aromatic carbocycles. The molecule has 21 heavy (non-hydrogen) atoms. The zero-order valence-corrected chi connectivity index (χ0v) is 12.6. The fourth-order valence-corrected chi connectivity index (χ4v) is 2.33. The number of hydrogen-bond donors (Lipinski definition) is 2. The highest BCUT2D eigenvalue weighted by Crippen LogP contribution is 2.24. The van der Waals surface area contributed by atoms with E-state index in [1.54, 1.807) is 0 Å². The van der Waals surface area contributed by atoms with Crippen LogP contribution in [0.5, 0.6) is 0 Å². The zero-order chi connectivity index (χ0) is 15.9. The molecule has 0 saturated heterocycles. The first kappa shape index (κ1) is 18.2. The van der Waals surface area contributed by atoms with Crippen molar-refractivity contribution in [1.82, 2.24) is 10.6 Å². The molecule has 7 heteroatoms. The molecular formula is C14H25F3N2O2. The fourth-order valence-electron chi connectivity index (χ4n) is 2.33. The Kier molecular flexibility index (Phi) is 7.45. The average molecular weight is 310 g/mol. The first-order valence-electron chi connectivity index (χ1n) is 7.51. The molecule has 0 aromatic heterocycles. The summed E-state index contributed by atoms with van der Waals surface area (Å²) in [5, 5.41) is 5.95. The van der Waals surface area contributed by atoms with E-state index in [4.69, 9.17) is 4.74 Å². The Morgan fingerprint density at radius 2 is 2.10 bits per heavy atom. The highest BCUT2D eigenvalue weighted by molar-refractivity contribution is 5.78. The van der Waals surface area contributed by atoms with Crippen molar-refractivity contribution in [3.8, 4) is 0 Å². The smallest absolute Gasteiger partial charge is 0.369 e. The fraction of sp³-hybridized carbons (Fsp3) is 0.929. The maximum absolute atomic E-state index is 12.1. The van der Waals surface area contributed by atoms with Crippen LogP contribution in [0.3, 0.4) is 0 Å². The van der Waals surface area contributed by atoms with E-state index in [1.165, 1.54) is 0 Å². The lowest BCUT2D eigenvalue weighted by atomic mass is 9.93. The van der Waals surface area contributed by atoms with Gasteiger partial charge in [-0.25, -0.2) is 0 Å². The molecule has 1 aliphatic carbocycles. The van der Waals surface area contributed by atoms with Crippen LogP contribution in [0.15, 0.2) is 0 Å². The molecule has 3 atom stereocenters. The van der Waals surface area contributed by atoms with Crippen LogP contribution in [0.2, 0.25) is 0 Å². The van der Waals surface area contributed by atoms with E-state index in [0.717, 1.165) is 19.3 Å². The number of ether oxygens (including phenoxy) is 1. The largest absolute Gasteiger partial charge is 0.411 e. The van der Waals surface area contributed by atoms with Crippen molar-refractivity contribution < 1.29 is 22.7 Å². The number of halogens is 3. The van der Waals surface area contributed by atoms with Gasteiger partial charge >= 0.3 is 6.18 Å². The second-order valence-electron chi connectivity index (χ2n) is 5.67. The summed E-state index contributed by atoms with van der Waals surface area (Å²) in [6.45, 7) is 3.04. The van der Waals surface area contributed by atoms with E-state index < -0.39 is 18.9 Å². The molecule has 1 amide bonds. The summed E-state index contributed by atoms with van der Waals surface area (Å²) in [4.78, 5) is 11.8. The van der Waals surface area contributed by atoms with Gasteiger partial charge < -0.3 is 15.4 Å². The second-order valence-corrected chi connectivity index (χ2v) is 5.67. The van der Waals surface area contributed by atoms with E-state index >= 15 is 0 Å². The molecule has 0 spiro atoms. The third-order valence-electron chi connectivity index (χ3n) is 3.70. The van der Waals surface area contributed by atoms with Crippen molar-refractivity contribution in [3.63, 3.8) is 0 Å². The van der Waals surface area contributed by atoms with Crippen molar-refractivity contribution in [3.05, 3.63) is 0 Å². The Morgan fingerprint density at radius 1 is 1.38 bits per heavy atom. The van der Waals surface area contributed by atoms with Gasteiger partial charge in [0.05, 0.1) is 12.6 Å². The van der Waals surface area contributed by atoms with Gasteiger partial charge in [0.15, 0.2) is 0 Å². The third kappa shape index (κ3) is 8.26. The monoisotopic (exact) mass is 310 g/mol. The summed E-state index contributed by atoms with van der Waals surface area (Å²) in [7, 11) is 0. The van der Waals surface area contributed by atoms with Crippen LogP contribution >= 0.6 is 0 Å². The van der Waals surface area contributed by atoms with Crippen LogP contribution in [-0.2, 0) is 9.53 Å². The number of hydrogen-bond acceptors (Lipinski definition) is 3. The molecule has 3 unspecified atom stereocenters. The third-order valence-corrected chi connectivity index (χ3v) is 3.70. The number of alkyl halides is 3. The molecule has 0 aromatic rings. The number of carbonyl (C=O) groups excluding carboxylic acids is 1. The Hall–Kier alpha value is -0.820. The first-order chi connectivity index (χ1) is 9.80. The lowest BCUT2D eigenvalue weighted by molar-refractivity contribution is -0.188. The quantitative estimate of drug-likeness (QED) is 0.759. The minimum Gasteiger partial charge on any atom is -0.369 e. The van der Waals surface area contributed by atoms with Gasteiger partial charge in [-0.2, -0.15) is 13.2 Å².